The maximum atomic E-state index is 9.11. The van der Waals surface area contributed by atoms with Gasteiger partial charge in [0.1, 0.15) is 11.6 Å². The smallest absolute Gasteiger partial charge is 0.163 e. The lowest BCUT2D eigenvalue weighted by atomic mass is 10.2. The summed E-state index contributed by atoms with van der Waals surface area (Å²) in [6.07, 6.45) is 0. The summed E-state index contributed by atoms with van der Waals surface area (Å²) >= 11 is 0. The summed E-state index contributed by atoms with van der Waals surface area (Å²) in [5.41, 5.74) is 2.38. The van der Waals surface area contributed by atoms with Crippen molar-refractivity contribution in [3.05, 3.63) is 66.2 Å². The van der Waals surface area contributed by atoms with Crippen LogP contribution in [0.5, 0.6) is 0 Å². The monoisotopic (exact) mass is 357 g/mol. The lowest BCUT2D eigenvalue weighted by Gasteiger charge is -2.28. The quantitative estimate of drug-likeness (QED) is 0.769. The molecule has 1 aromatic heterocycles. The third-order valence-electron chi connectivity index (χ3n) is 4.34. The van der Waals surface area contributed by atoms with Crippen LogP contribution in [0, 0.1) is 11.3 Å². The van der Waals surface area contributed by atoms with Crippen molar-refractivity contribution in [2.45, 2.75) is 0 Å². The first-order chi connectivity index (χ1) is 13.3. The number of nitrogens with one attached hydrogen (secondary N) is 1. The Morgan fingerprint density at radius 1 is 0.963 bits per heavy atom. The fourth-order valence-electron chi connectivity index (χ4n) is 2.98. The number of anilines is 3. The number of nitrogens with zero attached hydrogens (tertiary/aromatic N) is 4. The molecule has 4 rings (SSSR count). The molecule has 3 aromatic rings. The number of ether oxygens (including phenoxy) is 1. The number of benzene rings is 2. The van der Waals surface area contributed by atoms with Crippen molar-refractivity contribution in [3.8, 4) is 17.5 Å². The number of nitriles is 1. The maximum Gasteiger partial charge on any atom is 0.163 e. The first-order valence-electron chi connectivity index (χ1n) is 8.86. The second kappa shape index (κ2) is 7.85. The minimum absolute atomic E-state index is 0.603. The Labute approximate surface area is 158 Å². The zero-order chi connectivity index (χ0) is 18.5. The third kappa shape index (κ3) is 4.05. The van der Waals surface area contributed by atoms with E-state index in [4.69, 9.17) is 15.0 Å². The zero-order valence-corrected chi connectivity index (χ0v) is 14.8. The van der Waals surface area contributed by atoms with E-state index < -0.39 is 0 Å². The lowest BCUT2D eigenvalue weighted by molar-refractivity contribution is 0.122. The molecule has 0 amide bonds. The summed E-state index contributed by atoms with van der Waals surface area (Å²) in [6, 6.07) is 21.4. The highest BCUT2D eigenvalue weighted by Crippen LogP contribution is 2.25. The van der Waals surface area contributed by atoms with Crippen LogP contribution in [0.4, 0.5) is 17.3 Å². The van der Waals surface area contributed by atoms with E-state index in [0.29, 0.717) is 30.4 Å². The van der Waals surface area contributed by atoms with E-state index in [1.807, 2.05) is 48.5 Å². The molecule has 134 valence electrons. The number of morpholine rings is 1. The molecule has 27 heavy (non-hydrogen) atoms. The van der Waals surface area contributed by atoms with Crippen molar-refractivity contribution < 1.29 is 4.74 Å². The van der Waals surface area contributed by atoms with Crippen molar-refractivity contribution >= 4 is 17.3 Å². The molecule has 0 spiro atoms. The van der Waals surface area contributed by atoms with Gasteiger partial charge in [-0.2, -0.15) is 5.26 Å². The topological polar surface area (TPSA) is 74.1 Å². The summed E-state index contributed by atoms with van der Waals surface area (Å²) in [7, 11) is 0. The molecular formula is C21H19N5O. The second-order valence-corrected chi connectivity index (χ2v) is 6.22. The van der Waals surface area contributed by atoms with Crippen molar-refractivity contribution in [1.29, 1.82) is 5.26 Å². The van der Waals surface area contributed by atoms with E-state index in [-0.39, 0.29) is 0 Å². The van der Waals surface area contributed by atoms with Gasteiger partial charge in [-0.25, -0.2) is 9.97 Å². The molecule has 1 aliphatic rings. The van der Waals surface area contributed by atoms with Gasteiger partial charge >= 0.3 is 0 Å². The second-order valence-electron chi connectivity index (χ2n) is 6.22. The standard InChI is InChI=1S/C21H19N5O/c22-15-16-5-4-8-18(13-16)23-19-14-20(26-9-11-27-12-10-26)25-21(24-19)17-6-2-1-3-7-17/h1-8,13-14H,9-12H2,(H,23,24,25). The van der Waals surface area contributed by atoms with E-state index >= 15 is 0 Å². The third-order valence-corrected chi connectivity index (χ3v) is 4.34. The van der Waals surface area contributed by atoms with E-state index in [1.54, 1.807) is 12.1 Å². The van der Waals surface area contributed by atoms with Gasteiger partial charge in [0.25, 0.3) is 0 Å². The Balaban J connectivity index is 1.72. The van der Waals surface area contributed by atoms with Crippen LogP contribution in [0.25, 0.3) is 11.4 Å². The molecule has 0 saturated carbocycles. The van der Waals surface area contributed by atoms with Crippen LogP contribution in [0.2, 0.25) is 0 Å². The van der Waals surface area contributed by atoms with E-state index in [0.717, 1.165) is 30.2 Å². The number of hydrogen-bond acceptors (Lipinski definition) is 6. The van der Waals surface area contributed by atoms with E-state index in [1.165, 1.54) is 0 Å². The van der Waals surface area contributed by atoms with Crippen LogP contribution in [0.3, 0.4) is 0 Å². The zero-order valence-electron chi connectivity index (χ0n) is 14.8. The summed E-state index contributed by atoms with van der Waals surface area (Å²) in [5, 5.41) is 12.4. The Morgan fingerprint density at radius 3 is 2.56 bits per heavy atom. The first-order valence-corrected chi connectivity index (χ1v) is 8.86. The van der Waals surface area contributed by atoms with E-state index in [9.17, 15) is 0 Å². The average molecular weight is 357 g/mol. The Hall–Kier alpha value is -3.43. The summed E-state index contributed by atoms with van der Waals surface area (Å²) in [5.74, 6) is 2.23. The van der Waals surface area contributed by atoms with E-state index in [2.05, 4.69) is 21.3 Å². The van der Waals surface area contributed by atoms with Gasteiger partial charge in [0.05, 0.1) is 24.8 Å². The van der Waals surface area contributed by atoms with Crippen molar-refractivity contribution in [3.63, 3.8) is 0 Å². The summed E-state index contributed by atoms with van der Waals surface area (Å²) in [4.78, 5) is 11.7. The minimum Gasteiger partial charge on any atom is -0.378 e. The first kappa shape index (κ1) is 17.0. The minimum atomic E-state index is 0.603. The molecule has 6 nitrogen and oxygen atoms in total. The fourth-order valence-corrected chi connectivity index (χ4v) is 2.98. The molecule has 1 aliphatic heterocycles. The van der Waals surface area contributed by atoms with Gasteiger partial charge in [-0.15, -0.1) is 0 Å². The van der Waals surface area contributed by atoms with Crippen LogP contribution in [-0.2, 0) is 4.74 Å². The molecule has 2 heterocycles. The van der Waals surface area contributed by atoms with Crippen LogP contribution in [-0.4, -0.2) is 36.3 Å². The number of aromatic nitrogens is 2. The molecule has 2 aromatic carbocycles. The van der Waals surface area contributed by atoms with Gasteiger partial charge in [0.2, 0.25) is 0 Å². The highest BCUT2D eigenvalue weighted by molar-refractivity contribution is 5.66. The molecule has 1 saturated heterocycles. The molecular weight excluding hydrogens is 338 g/mol. The summed E-state index contributed by atoms with van der Waals surface area (Å²) < 4.78 is 5.46. The predicted molar refractivity (Wildman–Crippen MR) is 105 cm³/mol. The maximum absolute atomic E-state index is 9.11. The Bertz CT molecular complexity index is 962. The molecule has 0 atom stereocenters. The molecule has 0 aliphatic carbocycles. The van der Waals surface area contributed by atoms with Crippen LogP contribution in [0.15, 0.2) is 60.7 Å². The molecule has 0 radical (unpaired) electrons. The fraction of sp³-hybridized carbons (Fsp3) is 0.190. The van der Waals surface area contributed by atoms with Crippen LogP contribution in [0.1, 0.15) is 5.56 Å². The van der Waals surface area contributed by atoms with Gasteiger partial charge in [-0.05, 0) is 18.2 Å². The Morgan fingerprint density at radius 2 is 1.78 bits per heavy atom. The van der Waals surface area contributed by atoms with Crippen molar-refractivity contribution in [1.82, 2.24) is 9.97 Å². The highest BCUT2D eigenvalue weighted by Gasteiger charge is 2.16. The Kier molecular flexibility index (Phi) is 4.95. The van der Waals surface area contributed by atoms with Crippen LogP contribution >= 0.6 is 0 Å². The number of hydrogen-bond donors (Lipinski definition) is 1. The van der Waals surface area contributed by atoms with Gasteiger partial charge in [-0.1, -0.05) is 36.4 Å². The molecule has 0 bridgehead atoms. The largest absolute Gasteiger partial charge is 0.378 e. The molecule has 0 unspecified atom stereocenters. The normalized spacial score (nSPS) is 13.8. The van der Waals surface area contributed by atoms with Crippen LogP contribution < -0.4 is 10.2 Å². The molecule has 1 fully saturated rings. The number of rotatable bonds is 4. The van der Waals surface area contributed by atoms with Crippen molar-refractivity contribution in [2.75, 3.05) is 36.5 Å². The molecule has 1 N–H and O–H groups in total. The van der Waals surface area contributed by atoms with Gasteiger partial charge < -0.3 is 15.0 Å². The van der Waals surface area contributed by atoms with Gasteiger partial charge in [0, 0.05) is 30.4 Å². The summed E-state index contributed by atoms with van der Waals surface area (Å²) in [6.45, 7) is 2.98. The highest BCUT2D eigenvalue weighted by atomic mass is 16.5. The predicted octanol–water partition coefficient (Wildman–Crippen LogP) is 3.60. The lowest BCUT2D eigenvalue weighted by Crippen LogP contribution is -2.36. The SMILES string of the molecule is N#Cc1cccc(Nc2cc(N3CCOCC3)nc(-c3ccccc3)n2)c1. The van der Waals surface area contributed by atoms with Gasteiger partial charge in [0.15, 0.2) is 5.82 Å². The van der Waals surface area contributed by atoms with Crippen molar-refractivity contribution in [2.24, 2.45) is 0 Å². The average Bonchev–Trinajstić information content (AvgIpc) is 2.75. The molecule has 6 heteroatoms. The van der Waals surface area contributed by atoms with Gasteiger partial charge in [-0.3, -0.25) is 0 Å².